The molecular weight excluding hydrogens is 420 g/mol. The predicted molar refractivity (Wildman–Crippen MR) is 141 cm³/mol. The van der Waals surface area contributed by atoms with Crippen molar-refractivity contribution in [1.82, 2.24) is 10.3 Å². The van der Waals surface area contributed by atoms with Crippen LogP contribution in [-0.2, 0) is 0 Å². The van der Waals surface area contributed by atoms with E-state index < -0.39 is 0 Å². The Hall–Kier alpha value is -2.76. The number of para-hydroxylation sites is 1. The second kappa shape index (κ2) is 8.79. The van der Waals surface area contributed by atoms with Crippen LogP contribution < -0.4 is 10.1 Å². The highest BCUT2D eigenvalue weighted by Gasteiger charge is 2.41. The number of piperidine rings is 1. The number of ether oxygens (including phenoxy) is 1. The fraction of sp³-hybridized carbons (Fsp3) is 0.448. The summed E-state index contributed by atoms with van der Waals surface area (Å²) in [6.07, 6.45) is 10.8. The van der Waals surface area contributed by atoms with Crippen LogP contribution in [0, 0.1) is 11.3 Å². The average molecular weight is 458 g/mol. The summed E-state index contributed by atoms with van der Waals surface area (Å²) < 4.78 is 7.12. The van der Waals surface area contributed by atoms with Crippen molar-refractivity contribution in [2.75, 3.05) is 26.7 Å². The fourth-order valence-electron chi connectivity index (χ4n) is 5.65. The maximum absolute atomic E-state index is 6.59. The number of rotatable bonds is 5. The number of pyridine rings is 1. The molecule has 5 nitrogen and oxygen atoms in total. The van der Waals surface area contributed by atoms with E-state index >= 15 is 0 Å². The maximum atomic E-state index is 6.59. The maximum Gasteiger partial charge on any atom is 0.233 e. The first-order chi connectivity index (χ1) is 16.3. The molecule has 3 aliphatic heterocycles. The van der Waals surface area contributed by atoms with Crippen molar-refractivity contribution in [3.05, 3.63) is 66.0 Å². The molecule has 1 fully saturated rings. The van der Waals surface area contributed by atoms with Gasteiger partial charge in [0.25, 0.3) is 0 Å². The molecule has 34 heavy (non-hydrogen) atoms. The van der Waals surface area contributed by atoms with Crippen molar-refractivity contribution in [3.8, 4) is 5.75 Å². The highest BCUT2D eigenvalue weighted by atomic mass is 16.5. The second-order valence-corrected chi connectivity index (χ2v) is 10.6. The second-order valence-electron chi connectivity index (χ2n) is 10.6. The van der Waals surface area contributed by atoms with Crippen molar-refractivity contribution in [3.63, 3.8) is 0 Å². The fourth-order valence-corrected chi connectivity index (χ4v) is 5.65. The van der Waals surface area contributed by atoms with E-state index in [9.17, 15) is 0 Å². The zero-order valence-corrected chi connectivity index (χ0v) is 21.1. The van der Waals surface area contributed by atoms with Gasteiger partial charge in [-0.25, -0.2) is 14.5 Å². The summed E-state index contributed by atoms with van der Waals surface area (Å²) in [5.41, 5.74) is 4.59. The zero-order valence-electron chi connectivity index (χ0n) is 21.1. The molecule has 178 valence electrons. The number of nitrogens with one attached hydrogen (secondary N) is 1. The lowest BCUT2D eigenvalue weighted by molar-refractivity contribution is -0.685. The Morgan fingerprint density at radius 1 is 1.15 bits per heavy atom. The molecule has 0 radical (unpaired) electrons. The van der Waals surface area contributed by atoms with Crippen LogP contribution in [0.15, 0.2) is 65.3 Å². The zero-order chi connectivity index (χ0) is 23.9. The molecule has 1 N–H and O–H groups in total. The van der Waals surface area contributed by atoms with Crippen molar-refractivity contribution < 1.29 is 9.22 Å². The van der Waals surface area contributed by atoms with Gasteiger partial charge in [0, 0.05) is 22.5 Å². The summed E-state index contributed by atoms with van der Waals surface area (Å²) in [5.74, 6) is 2.50. The third kappa shape index (κ3) is 3.81. The average Bonchev–Trinajstić information content (AvgIpc) is 2.84. The van der Waals surface area contributed by atoms with E-state index in [4.69, 9.17) is 14.7 Å². The van der Waals surface area contributed by atoms with E-state index in [1.165, 1.54) is 11.3 Å². The summed E-state index contributed by atoms with van der Waals surface area (Å²) in [6, 6.07) is 10.7. The Morgan fingerprint density at radius 3 is 2.71 bits per heavy atom. The van der Waals surface area contributed by atoms with Gasteiger partial charge in [-0.15, -0.1) is 0 Å². The molecule has 0 spiro atoms. The molecule has 1 aromatic heterocycles. The van der Waals surface area contributed by atoms with E-state index in [0.29, 0.717) is 10.4 Å². The molecule has 0 aliphatic carbocycles. The number of hydrogen-bond acceptors (Lipinski definition) is 4. The highest BCUT2D eigenvalue weighted by molar-refractivity contribution is 5.95. The Kier molecular flexibility index (Phi) is 5.95. The van der Waals surface area contributed by atoms with Crippen LogP contribution in [0.3, 0.4) is 0 Å². The molecule has 0 saturated carbocycles. The lowest BCUT2D eigenvalue weighted by Crippen LogP contribution is -2.46. The first-order valence-corrected chi connectivity index (χ1v) is 12.6. The lowest BCUT2D eigenvalue weighted by Gasteiger charge is -2.40. The topological polar surface area (TPSA) is 46.5 Å². The van der Waals surface area contributed by atoms with E-state index in [2.05, 4.69) is 94.8 Å². The Morgan fingerprint density at radius 2 is 1.94 bits per heavy atom. The highest BCUT2D eigenvalue weighted by Crippen LogP contribution is 2.40. The van der Waals surface area contributed by atoms with Crippen LogP contribution in [0.5, 0.6) is 5.75 Å². The van der Waals surface area contributed by atoms with Gasteiger partial charge >= 0.3 is 0 Å². The SMILES string of the molecule is CC1=C(c2ccc3cccc(OCC4(C(C)C)CCNCC4)c3n2)[N+]2(C)C=CC=CC2=NC1C. The number of aromatic nitrogens is 1. The minimum absolute atomic E-state index is 0.127. The van der Waals surface area contributed by atoms with Crippen molar-refractivity contribution in [1.29, 1.82) is 0 Å². The smallest absolute Gasteiger partial charge is 0.233 e. The molecular formula is C29H37N4O+. The summed E-state index contributed by atoms with van der Waals surface area (Å²) in [6.45, 7) is 11.9. The number of aliphatic imine (C=N–C) groups is 1. The summed E-state index contributed by atoms with van der Waals surface area (Å²) in [4.78, 5) is 10.2. The monoisotopic (exact) mass is 457 g/mol. The quantitative estimate of drug-likeness (QED) is 0.586. The predicted octanol–water partition coefficient (Wildman–Crippen LogP) is 5.70. The normalized spacial score (nSPS) is 26.1. The summed E-state index contributed by atoms with van der Waals surface area (Å²) in [7, 11) is 2.20. The van der Waals surface area contributed by atoms with Crippen molar-refractivity contribution in [2.45, 2.75) is 46.6 Å². The van der Waals surface area contributed by atoms with Crippen LogP contribution in [0.2, 0.25) is 0 Å². The number of amidine groups is 1. The van der Waals surface area contributed by atoms with Crippen LogP contribution in [-0.4, -0.2) is 48.1 Å². The Balaban J connectivity index is 1.54. The van der Waals surface area contributed by atoms with Gasteiger partial charge in [0.2, 0.25) is 5.84 Å². The first-order valence-electron chi connectivity index (χ1n) is 12.6. The van der Waals surface area contributed by atoms with Gasteiger partial charge in [-0.2, -0.15) is 0 Å². The van der Waals surface area contributed by atoms with Gasteiger partial charge in [-0.05, 0) is 70.0 Å². The number of fused-ring (bicyclic) bond motifs is 2. The van der Waals surface area contributed by atoms with E-state index in [-0.39, 0.29) is 11.5 Å². The van der Waals surface area contributed by atoms with Crippen LogP contribution >= 0.6 is 0 Å². The molecule has 2 aromatic rings. The number of likely N-dealkylation sites (N-methyl/N-ethyl adjacent to an activating group) is 1. The number of hydrogen-bond donors (Lipinski definition) is 1. The van der Waals surface area contributed by atoms with Crippen molar-refractivity contribution in [2.24, 2.45) is 16.3 Å². The molecule has 5 rings (SSSR count). The molecule has 5 heteroatoms. The molecule has 1 aromatic carbocycles. The lowest BCUT2D eigenvalue weighted by atomic mass is 9.71. The standard InChI is InChI=1S/C29H37N4O/c1-20(2)29(14-16-30-17-15-29)19-34-25-10-8-9-23-12-13-24(32-27(23)25)28-21(3)22(4)31-26-11-6-7-18-33(26,28)5/h6-13,18,20,22,30H,14-17,19H2,1-5H3/q+1. The number of nitrogens with zero attached hydrogens (tertiary/aromatic N) is 3. The minimum atomic E-state index is 0.127. The minimum Gasteiger partial charge on any atom is -0.491 e. The van der Waals surface area contributed by atoms with Gasteiger partial charge in [-0.3, -0.25) is 0 Å². The van der Waals surface area contributed by atoms with E-state index in [1.807, 2.05) is 0 Å². The van der Waals surface area contributed by atoms with Crippen LogP contribution in [0.1, 0.15) is 46.2 Å². The van der Waals surface area contributed by atoms with Gasteiger partial charge in [0.15, 0.2) is 5.70 Å². The molecule has 2 unspecified atom stereocenters. The number of allylic oxidation sites excluding steroid dienone is 2. The van der Waals surface area contributed by atoms with Crippen LogP contribution in [0.4, 0.5) is 0 Å². The van der Waals surface area contributed by atoms with Gasteiger partial charge < -0.3 is 10.1 Å². The molecule has 4 heterocycles. The molecule has 0 amide bonds. The third-order valence-corrected chi connectivity index (χ3v) is 8.27. The van der Waals surface area contributed by atoms with Gasteiger partial charge in [0.1, 0.15) is 23.2 Å². The number of benzene rings is 1. The van der Waals surface area contributed by atoms with Gasteiger partial charge in [-0.1, -0.05) is 32.0 Å². The molecule has 2 atom stereocenters. The van der Waals surface area contributed by atoms with Crippen LogP contribution in [0.25, 0.3) is 16.6 Å². The Labute approximate surface area is 203 Å². The van der Waals surface area contributed by atoms with Gasteiger partial charge in [0.05, 0.1) is 19.7 Å². The summed E-state index contributed by atoms with van der Waals surface area (Å²) in [5, 5.41) is 4.61. The van der Waals surface area contributed by atoms with Crippen molar-refractivity contribution >= 4 is 22.4 Å². The number of quaternary nitrogens is 1. The third-order valence-electron chi connectivity index (χ3n) is 8.27. The summed E-state index contributed by atoms with van der Waals surface area (Å²) >= 11 is 0. The first kappa shape index (κ1) is 23.0. The molecule has 0 bridgehead atoms. The van der Waals surface area contributed by atoms with E-state index in [1.54, 1.807) is 0 Å². The largest absolute Gasteiger partial charge is 0.491 e. The molecule has 3 aliphatic rings. The molecule has 1 saturated heterocycles. The van der Waals surface area contributed by atoms with E-state index in [0.717, 1.165) is 60.7 Å². The Bertz CT molecular complexity index is 1220.